The molecule has 1 aliphatic carbocycles. The number of nitrogens with zero attached hydrogens (tertiary/aromatic N) is 5. The van der Waals surface area contributed by atoms with Crippen molar-refractivity contribution in [2.45, 2.75) is 18.9 Å². The average Bonchev–Trinajstić information content (AvgIpc) is 3.43. The molecule has 130 valence electrons. The molecule has 0 unspecified atom stereocenters. The van der Waals surface area contributed by atoms with Crippen LogP contribution in [-0.2, 0) is 0 Å². The van der Waals surface area contributed by atoms with Crippen molar-refractivity contribution < 1.29 is 4.74 Å². The number of nitrogens with one attached hydrogen (secondary N) is 1. The summed E-state index contributed by atoms with van der Waals surface area (Å²) in [5.74, 6) is 1.58. The van der Waals surface area contributed by atoms with Crippen molar-refractivity contribution in [2.75, 3.05) is 18.5 Å². The molecule has 0 atom stereocenters. The maximum Gasteiger partial charge on any atom is 0.182 e. The Morgan fingerprint density at radius 1 is 1.12 bits per heavy atom. The zero-order valence-electron chi connectivity index (χ0n) is 14.2. The van der Waals surface area contributed by atoms with Crippen LogP contribution in [0.3, 0.4) is 0 Å². The van der Waals surface area contributed by atoms with Crippen molar-refractivity contribution in [3.05, 3.63) is 54.1 Å². The van der Waals surface area contributed by atoms with Crippen molar-refractivity contribution >= 4 is 5.69 Å². The number of hydrogen-bond acceptors (Lipinski definition) is 6. The second-order valence-corrected chi connectivity index (χ2v) is 6.17. The van der Waals surface area contributed by atoms with E-state index in [1.807, 2.05) is 28.9 Å². The maximum absolute atomic E-state index is 8.78. The van der Waals surface area contributed by atoms with Gasteiger partial charge in [0, 0.05) is 17.8 Å². The molecule has 3 aromatic rings. The number of anilines is 1. The maximum atomic E-state index is 8.78. The summed E-state index contributed by atoms with van der Waals surface area (Å²) in [6.07, 6.45) is 2.30. The summed E-state index contributed by atoms with van der Waals surface area (Å²) in [7, 11) is 0. The van der Waals surface area contributed by atoms with E-state index >= 15 is 0 Å². The van der Waals surface area contributed by atoms with Gasteiger partial charge in [0.1, 0.15) is 12.4 Å². The number of aromatic nitrogens is 4. The monoisotopic (exact) mass is 346 g/mol. The van der Waals surface area contributed by atoms with Crippen molar-refractivity contribution in [1.82, 2.24) is 20.2 Å². The molecule has 1 N–H and O–H groups in total. The fourth-order valence-electron chi connectivity index (χ4n) is 2.68. The third-order valence-corrected chi connectivity index (χ3v) is 4.21. The molecule has 0 spiro atoms. The highest BCUT2D eigenvalue weighted by Crippen LogP contribution is 2.36. The van der Waals surface area contributed by atoms with Crippen LogP contribution in [0.2, 0.25) is 0 Å². The Balaban J connectivity index is 1.29. The molecule has 1 aromatic heterocycles. The van der Waals surface area contributed by atoms with Crippen LogP contribution in [0.4, 0.5) is 5.69 Å². The molecule has 26 heavy (non-hydrogen) atoms. The van der Waals surface area contributed by atoms with Crippen LogP contribution in [0, 0.1) is 11.3 Å². The predicted molar refractivity (Wildman–Crippen MR) is 96.7 cm³/mol. The highest BCUT2D eigenvalue weighted by molar-refractivity contribution is 5.59. The molecule has 0 saturated heterocycles. The van der Waals surface area contributed by atoms with E-state index in [4.69, 9.17) is 10.00 Å². The highest BCUT2D eigenvalue weighted by Gasteiger charge is 2.28. The van der Waals surface area contributed by atoms with Gasteiger partial charge in [-0.15, -0.1) is 5.10 Å². The molecule has 4 rings (SSSR count). The van der Waals surface area contributed by atoms with Crippen LogP contribution < -0.4 is 10.1 Å². The number of hydrogen-bond donors (Lipinski definition) is 1. The molecule has 7 heteroatoms. The van der Waals surface area contributed by atoms with Crippen molar-refractivity contribution in [2.24, 2.45) is 0 Å². The summed E-state index contributed by atoms with van der Waals surface area (Å²) in [6, 6.07) is 17.7. The van der Waals surface area contributed by atoms with E-state index in [0.29, 0.717) is 24.8 Å². The van der Waals surface area contributed by atoms with E-state index in [9.17, 15) is 0 Å². The fourth-order valence-corrected chi connectivity index (χ4v) is 2.68. The van der Waals surface area contributed by atoms with E-state index in [-0.39, 0.29) is 0 Å². The van der Waals surface area contributed by atoms with Gasteiger partial charge < -0.3 is 10.1 Å². The minimum absolute atomic E-state index is 0.456. The molecule has 2 aromatic carbocycles. The molecule has 1 saturated carbocycles. The Kier molecular flexibility index (Phi) is 4.48. The van der Waals surface area contributed by atoms with Crippen LogP contribution in [0.25, 0.3) is 11.4 Å². The summed E-state index contributed by atoms with van der Waals surface area (Å²) in [4.78, 5) is 0. The molecule has 0 radical (unpaired) electrons. The third kappa shape index (κ3) is 3.64. The number of rotatable bonds is 7. The van der Waals surface area contributed by atoms with Crippen LogP contribution in [0.1, 0.15) is 24.4 Å². The van der Waals surface area contributed by atoms with Crippen molar-refractivity contribution in [3.8, 4) is 23.2 Å². The first-order chi connectivity index (χ1) is 12.8. The van der Waals surface area contributed by atoms with Gasteiger partial charge in [-0.1, -0.05) is 0 Å². The number of nitriles is 1. The quantitative estimate of drug-likeness (QED) is 0.662. The summed E-state index contributed by atoms with van der Waals surface area (Å²) in [6.45, 7) is 1.22. The molecule has 0 aliphatic heterocycles. The van der Waals surface area contributed by atoms with E-state index in [2.05, 4.69) is 26.9 Å². The van der Waals surface area contributed by atoms with Gasteiger partial charge in [0.15, 0.2) is 5.82 Å². The summed E-state index contributed by atoms with van der Waals surface area (Å²) in [5, 5.41) is 24.1. The molecule has 1 fully saturated rings. The lowest BCUT2D eigenvalue weighted by Crippen LogP contribution is -2.11. The Bertz CT molecular complexity index is 906. The van der Waals surface area contributed by atoms with Gasteiger partial charge in [0.25, 0.3) is 0 Å². The Labute approximate surface area is 151 Å². The first kappa shape index (κ1) is 16.1. The van der Waals surface area contributed by atoms with Crippen LogP contribution in [0.15, 0.2) is 48.5 Å². The zero-order chi connectivity index (χ0) is 17.8. The Morgan fingerprint density at radius 2 is 1.88 bits per heavy atom. The van der Waals surface area contributed by atoms with Crippen LogP contribution in [0.5, 0.6) is 5.75 Å². The van der Waals surface area contributed by atoms with Crippen molar-refractivity contribution in [1.29, 1.82) is 5.26 Å². The fraction of sp³-hybridized carbons (Fsp3) is 0.263. The van der Waals surface area contributed by atoms with E-state index in [0.717, 1.165) is 35.7 Å². The minimum Gasteiger partial charge on any atom is -0.492 e. The van der Waals surface area contributed by atoms with Gasteiger partial charge in [0.2, 0.25) is 0 Å². The largest absolute Gasteiger partial charge is 0.492 e. The smallest absolute Gasteiger partial charge is 0.182 e. The molecule has 0 amide bonds. The summed E-state index contributed by atoms with van der Waals surface area (Å²) in [5.41, 5.74) is 2.66. The number of tetrazole rings is 1. The second-order valence-electron chi connectivity index (χ2n) is 6.17. The SMILES string of the molecule is N#Cc1ccc(OCCNc2ccc(-c3nnnn3C3CC3)cc2)cc1. The second kappa shape index (κ2) is 7.23. The highest BCUT2D eigenvalue weighted by atomic mass is 16.5. The number of benzene rings is 2. The Morgan fingerprint density at radius 3 is 2.58 bits per heavy atom. The molecule has 7 nitrogen and oxygen atoms in total. The lowest BCUT2D eigenvalue weighted by molar-refractivity contribution is 0.333. The number of ether oxygens (including phenoxy) is 1. The molecular formula is C19H18N6O. The molecule has 1 heterocycles. The van der Waals surface area contributed by atoms with Crippen LogP contribution >= 0.6 is 0 Å². The van der Waals surface area contributed by atoms with Gasteiger partial charge >= 0.3 is 0 Å². The standard InChI is InChI=1S/C19H18N6O/c20-13-14-1-9-18(10-2-14)26-12-11-21-16-5-3-15(4-6-16)19-22-23-24-25(19)17-7-8-17/h1-6,9-10,17,21H,7-8,11-12H2. The van der Waals surface area contributed by atoms with Gasteiger partial charge in [-0.05, 0) is 71.8 Å². The van der Waals surface area contributed by atoms with Gasteiger partial charge in [-0.3, -0.25) is 0 Å². The minimum atomic E-state index is 0.456. The topological polar surface area (TPSA) is 88.7 Å². The lowest BCUT2D eigenvalue weighted by Gasteiger charge is -2.09. The van der Waals surface area contributed by atoms with Gasteiger partial charge in [-0.25, -0.2) is 4.68 Å². The van der Waals surface area contributed by atoms with Gasteiger partial charge in [0.05, 0.1) is 17.7 Å². The van der Waals surface area contributed by atoms with E-state index < -0.39 is 0 Å². The molecule has 0 bridgehead atoms. The Hall–Kier alpha value is -3.40. The first-order valence-electron chi connectivity index (χ1n) is 8.58. The van der Waals surface area contributed by atoms with Crippen LogP contribution in [-0.4, -0.2) is 33.4 Å². The van der Waals surface area contributed by atoms with E-state index in [1.54, 1.807) is 24.3 Å². The summed E-state index contributed by atoms with van der Waals surface area (Å²) >= 11 is 0. The lowest BCUT2D eigenvalue weighted by atomic mass is 10.2. The zero-order valence-corrected chi connectivity index (χ0v) is 14.2. The first-order valence-corrected chi connectivity index (χ1v) is 8.58. The third-order valence-electron chi connectivity index (χ3n) is 4.21. The molecule has 1 aliphatic rings. The van der Waals surface area contributed by atoms with Gasteiger partial charge in [-0.2, -0.15) is 5.26 Å². The predicted octanol–water partition coefficient (Wildman–Crippen LogP) is 3.04. The summed E-state index contributed by atoms with van der Waals surface area (Å²) < 4.78 is 7.57. The van der Waals surface area contributed by atoms with E-state index in [1.165, 1.54) is 0 Å². The van der Waals surface area contributed by atoms with Crippen molar-refractivity contribution in [3.63, 3.8) is 0 Å². The normalized spacial score (nSPS) is 13.2. The molecular weight excluding hydrogens is 328 g/mol. The average molecular weight is 346 g/mol.